The van der Waals surface area contributed by atoms with Crippen LogP contribution >= 0.6 is 0 Å². The van der Waals surface area contributed by atoms with Crippen molar-refractivity contribution >= 4 is 5.97 Å². The molecule has 226 valence electrons. The van der Waals surface area contributed by atoms with E-state index in [4.69, 9.17) is 4.74 Å². The third-order valence-electron chi connectivity index (χ3n) is 8.12. The molecule has 0 amide bonds. The predicted octanol–water partition coefficient (Wildman–Crippen LogP) is 12.5. The second kappa shape index (κ2) is 28.2. The highest BCUT2D eigenvalue weighted by molar-refractivity contribution is 5.90. The molecular formula is C37H66O2. The van der Waals surface area contributed by atoms with E-state index in [0.717, 1.165) is 18.4 Å². The van der Waals surface area contributed by atoms with Crippen molar-refractivity contribution in [3.8, 4) is 0 Å². The van der Waals surface area contributed by atoms with Gasteiger partial charge in [0.15, 0.2) is 0 Å². The first-order valence-electron chi connectivity index (χ1n) is 17.5. The normalized spacial score (nSPS) is 15.6. The minimum absolute atomic E-state index is 0.0206. The number of hydrogen-bond acceptors (Lipinski definition) is 2. The molecule has 2 nitrogen and oxygen atoms in total. The molecule has 1 aliphatic heterocycles. The lowest BCUT2D eigenvalue weighted by Crippen LogP contribution is -2.03. The van der Waals surface area contributed by atoms with E-state index in [1.165, 1.54) is 161 Å². The third kappa shape index (κ3) is 24.2. The molecule has 0 saturated heterocycles. The van der Waals surface area contributed by atoms with Crippen molar-refractivity contribution in [2.45, 2.75) is 193 Å². The van der Waals surface area contributed by atoms with Gasteiger partial charge in [-0.2, -0.15) is 0 Å². The van der Waals surface area contributed by atoms with Gasteiger partial charge in [-0.15, -0.1) is 0 Å². The molecule has 0 unspecified atom stereocenters. The number of allylic oxidation sites excluding steroid dienone is 4. The van der Waals surface area contributed by atoms with E-state index in [1.54, 1.807) is 0 Å². The quantitative estimate of drug-likeness (QED) is 0.0533. The van der Waals surface area contributed by atoms with Crippen LogP contribution < -0.4 is 0 Å². The molecule has 1 aliphatic rings. The van der Waals surface area contributed by atoms with Gasteiger partial charge in [0, 0.05) is 5.57 Å². The maximum Gasteiger partial charge on any atom is 0.334 e. The maximum atomic E-state index is 11.6. The Kier molecular flexibility index (Phi) is 25.9. The molecule has 0 aromatic rings. The summed E-state index contributed by atoms with van der Waals surface area (Å²) in [5, 5.41) is 0. The summed E-state index contributed by atoms with van der Waals surface area (Å²) in [5.74, 6) is -0.0941. The fourth-order valence-corrected chi connectivity index (χ4v) is 5.57. The Morgan fingerprint density at radius 3 is 1.28 bits per heavy atom. The van der Waals surface area contributed by atoms with Gasteiger partial charge in [0.25, 0.3) is 0 Å². The van der Waals surface area contributed by atoms with Crippen LogP contribution in [0.2, 0.25) is 0 Å². The molecule has 0 bridgehead atoms. The number of cyclic esters (lactones) is 1. The molecule has 1 rings (SSSR count). The summed E-state index contributed by atoms with van der Waals surface area (Å²) < 4.78 is 5.15. The van der Waals surface area contributed by atoms with Crippen molar-refractivity contribution in [3.63, 3.8) is 0 Å². The molecule has 0 saturated carbocycles. The van der Waals surface area contributed by atoms with Crippen LogP contribution in [-0.2, 0) is 9.53 Å². The second-order valence-electron chi connectivity index (χ2n) is 12.1. The van der Waals surface area contributed by atoms with Gasteiger partial charge in [-0.25, -0.2) is 4.79 Å². The lowest BCUT2D eigenvalue weighted by molar-refractivity contribution is -0.139. The van der Waals surface area contributed by atoms with Gasteiger partial charge in [0.05, 0.1) is 0 Å². The van der Waals surface area contributed by atoms with E-state index >= 15 is 0 Å². The highest BCUT2D eigenvalue weighted by Crippen LogP contribution is 2.20. The number of ether oxygens (including phenoxy) is 1. The summed E-state index contributed by atoms with van der Waals surface area (Å²) in [6.45, 7) is 4.23. The van der Waals surface area contributed by atoms with Crippen LogP contribution in [0.3, 0.4) is 0 Å². The number of rotatable bonds is 29. The Morgan fingerprint density at radius 1 is 0.538 bits per heavy atom. The maximum absolute atomic E-state index is 11.6. The van der Waals surface area contributed by atoms with Gasteiger partial charge in [-0.1, -0.05) is 153 Å². The lowest BCUT2D eigenvalue weighted by Gasteiger charge is -2.02. The fraction of sp³-hybridized carbons (Fsp3) is 0.811. The van der Waals surface area contributed by atoms with E-state index in [2.05, 4.69) is 31.2 Å². The van der Waals surface area contributed by atoms with Gasteiger partial charge in [-0.3, -0.25) is 0 Å². The second-order valence-corrected chi connectivity index (χ2v) is 12.1. The van der Waals surface area contributed by atoms with Gasteiger partial charge in [0.2, 0.25) is 0 Å². The molecule has 0 aliphatic carbocycles. The average molecular weight is 543 g/mol. The van der Waals surface area contributed by atoms with Gasteiger partial charge < -0.3 is 4.74 Å². The van der Waals surface area contributed by atoms with Crippen LogP contribution in [0.4, 0.5) is 0 Å². The predicted molar refractivity (Wildman–Crippen MR) is 172 cm³/mol. The zero-order valence-electron chi connectivity index (χ0n) is 26.4. The first kappa shape index (κ1) is 35.7. The van der Waals surface area contributed by atoms with Crippen LogP contribution in [0.25, 0.3) is 0 Å². The molecular weight excluding hydrogens is 476 g/mol. The fourth-order valence-electron chi connectivity index (χ4n) is 5.57. The van der Waals surface area contributed by atoms with E-state index in [1.807, 2.05) is 13.0 Å². The summed E-state index contributed by atoms with van der Waals surface area (Å²) in [6, 6.07) is 0. The highest BCUT2D eigenvalue weighted by Gasteiger charge is 2.21. The Hall–Kier alpha value is -1.31. The van der Waals surface area contributed by atoms with Crippen molar-refractivity contribution < 1.29 is 9.53 Å². The minimum Gasteiger partial charge on any atom is -0.455 e. The monoisotopic (exact) mass is 543 g/mol. The molecule has 1 heterocycles. The molecule has 0 fully saturated rings. The van der Waals surface area contributed by atoms with Crippen LogP contribution in [-0.4, -0.2) is 12.1 Å². The number of esters is 1. The molecule has 0 aromatic carbocycles. The van der Waals surface area contributed by atoms with Gasteiger partial charge in [0.1, 0.15) is 6.10 Å². The molecule has 0 N–H and O–H groups in total. The van der Waals surface area contributed by atoms with Crippen molar-refractivity contribution in [2.24, 2.45) is 0 Å². The summed E-state index contributed by atoms with van der Waals surface area (Å²) in [6.07, 6.45) is 47.9. The summed E-state index contributed by atoms with van der Waals surface area (Å²) in [7, 11) is 0. The Labute approximate surface area is 244 Å². The zero-order chi connectivity index (χ0) is 28.1. The van der Waals surface area contributed by atoms with Gasteiger partial charge in [-0.05, 0) is 64.4 Å². The topological polar surface area (TPSA) is 26.3 Å². The van der Waals surface area contributed by atoms with Crippen molar-refractivity contribution in [3.05, 3.63) is 36.0 Å². The summed E-state index contributed by atoms with van der Waals surface area (Å²) in [5.41, 5.74) is 0.895. The van der Waals surface area contributed by atoms with Crippen molar-refractivity contribution in [1.29, 1.82) is 0 Å². The average Bonchev–Trinajstić information content (AvgIpc) is 3.26. The smallest absolute Gasteiger partial charge is 0.334 e. The third-order valence-corrected chi connectivity index (χ3v) is 8.12. The Morgan fingerprint density at radius 2 is 0.897 bits per heavy atom. The first-order chi connectivity index (χ1) is 19.2. The molecule has 0 spiro atoms. The summed E-state index contributed by atoms with van der Waals surface area (Å²) >= 11 is 0. The summed E-state index contributed by atoms with van der Waals surface area (Å²) in [4.78, 5) is 11.6. The van der Waals surface area contributed by atoms with Crippen LogP contribution in [0.1, 0.15) is 187 Å². The minimum atomic E-state index is -0.0941. The van der Waals surface area contributed by atoms with Crippen molar-refractivity contribution in [1.82, 2.24) is 0 Å². The van der Waals surface area contributed by atoms with E-state index < -0.39 is 0 Å². The Bertz CT molecular complexity index is 629. The number of carbonyl (C=O) groups is 1. The zero-order valence-corrected chi connectivity index (χ0v) is 26.4. The number of carbonyl (C=O) groups excluding carboxylic acids is 1. The molecule has 1 atom stereocenters. The number of hydrogen-bond donors (Lipinski definition) is 0. The molecule has 39 heavy (non-hydrogen) atoms. The number of unbranched alkanes of at least 4 members (excludes halogenated alkanes) is 23. The van der Waals surface area contributed by atoms with Crippen molar-refractivity contribution in [2.75, 3.05) is 0 Å². The van der Waals surface area contributed by atoms with Crippen LogP contribution in [0.15, 0.2) is 36.0 Å². The van der Waals surface area contributed by atoms with Crippen LogP contribution in [0.5, 0.6) is 0 Å². The molecule has 0 radical (unpaired) electrons. The van der Waals surface area contributed by atoms with E-state index in [9.17, 15) is 4.79 Å². The van der Waals surface area contributed by atoms with Gasteiger partial charge >= 0.3 is 5.97 Å². The van der Waals surface area contributed by atoms with E-state index in [-0.39, 0.29) is 12.1 Å². The van der Waals surface area contributed by atoms with E-state index in [0.29, 0.717) is 0 Å². The first-order valence-corrected chi connectivity index (χ1v) is 17.5. The Balaban J connectivity index is 1.71. The SMILES string of the molecule is CCCCCCCCCCCCCCCC/C=C\CC/C=C\CCCCCCCCCCC1=C[C@H](C)OC1=O. The highest BCUT2D eigenvalue weighted by atomic mass is 16.5. The van der Waals surface area contributed by atoms with Crippen LogP contribution in [0, 0.1) is 0 Å². The molecule has 2 heteroatoms. The lowest BCUT2D eigenvalue weighted by atomic mass is 10.0. The standard InChI is InChI=1S/C37H66O2/c1-3-4-5-6-7-8-9-10-11-12-13-14-15-16-17-18-19-20-21-22-23-24-25-26-27-28-29-30-31-32-33-36-34-35(2)39-37(36)38/h18-19,22-23,34-35H,3-17,20-21,24-33H2,1-2H3/b19-18-,23-22-/t35-/m0/s1. The molecule has 0 aromatic heterocycles. The largest absolute Gasteiger partial charge is 0.455 e.